The molecule has 1 atom stereocenters. The highest BCUT2D eigenvalue weighted by atomic mass is 35.5. The molecule has 1 aromatic carbocycles. The van der Waals surface area contributed by atoms with Gasteiger partial charge >= 0.3 is 0 Å². The number of hydrogen-bond donors (Lipinski definition) is 2. The third-order valence-corrected chi connectivity index (χ3v) is 3.07. The molecule has 1 amide bonds. The zero-order chi connectivity index (χ0) is 12.7. The van der Waals surface area contributed by atoms with Crippen molar-refractivity contribution in [3.8, 4) is 0 Å². The van der Waals surface area contributed by atoms with Crippen LogP contribution in [0.15, 0.2) is 24.3 Å². The van der Waals surface area contributed by atoms with Gasteiger partial charge in [0.1, 0.15) is 0 Å². The lowest BCUT2D eigenvalue weighted by atomic mass is 10.0. The van der Waals surface area contributed by atoms with Crippen LogP contribution in [-0.4, -0.2) is 12.5 Å². The van der Waals surface area contributed by atoms with Crippen molar-refractivity contribution in [1.29, 1.82) is 0 Å². The molecule has 1 rings (SSSR count). The summed E-state index contributed by atoms with van der Waals surface area (Å²) in [6, 6.07) is 7.49. The monoisotopic (exact) mass is 254 g/mol. The molecule has 0 bridgehead atoms. The molecule has 0 saturated carbocycles. The number of amides is 1. The molecule has 0 fully saturated rings. The number of carbonyl (C=O) groups is 1. The molecule has 3 nitrogen and oxygen atoms in total. The fourth-order valence-electron chi connectivity index (χ4n) is 1.67. The number of carbonyl (C=O) groups excluding carboxylic acids is 1. The second-order valence-electron chi connectivity index (χ2n) is 4.03. The van der Waals surface area contributed by atoms with E-state index < -0.39 is 0 Å². The van der Waals surface area contributed by atoms with Crippen LogP contribution in [0.1, 0.15) is 25.3 Å². The van der Waals surface area contributed by atoms with Crippen molar-refractivity contribution in [2.45, 2.75) is 26.3 Å². The van der Waals surface area contributed by atoms with E-state index in [9.17, 15) is 4.79 Å². The maximum absolute atomic E-state index is 11.8. The molecule has 0 aliphatic rings. The average molecular weight is 255 g/mol. The number of nitrogens with one attached hydrogen (secondary N) is 1. The average Bonchev–Trinajstić information content (AvgIpc) is 2.34. The van der Waals surface area contributed by atoms with Gasteiger partial charge in [-0.15, -0.1) is 0 Å². The number of hydrogen-bond acceptors (Lipinski definition) is 2. The zero-order valence-corrected chi connectivity index (χ0v) is 10.8. The van der Waals surface area contributed by atoms with E-state index >= 15 is 0 Å². The lowest BCUT2D eigenvalue weighted by Crippen LogP contribution is -2.34. The van der Waals surface area contributed by atoms with Gasteiger partial charge in [-0.2, -0.15) is 0 Å². The Kier molecular flexibility index (Phi) is 6.01. The normalized spacial score (nSPS) is 12.2. The number of benzene rings is 1. The molecule has 4 heteroatoms. The van der Waals surface area contributed by atoms with E-state index in [1.807, 2.05) is 31.2 Å². The van der Waals surface area contributed by atoms with Crippen molar-refractivity contribution >= 4 is 17.5 Å². The highest BCUT2D eigenvalue weighted by Gasteiger charge is 2.15. The molecule has 17 heavy (non-hydrogen) atoms. The van der Waals surface area contributed by atoms with Crippen LogP contribution >= 0.6 is 11.6 Å². The summed E-state index contributed by atoms with van der Waals surface area (Å²) in [5.74, 6) is -0.0863. The summed E-state index contributed by atoms with van der Waals surface area (Å²) in [6.45, 7) is 2.89. The van der Waals surface area contributed by atoms with Crippen molar-refractivity contribution in [3.05, 3.63) is 34.9 Å². The van der Waals surface area contributed by atoms with Gasteiger partial charge < -0.3 is 11.1 Å². The van der Waals surface area contributed by atoms with Gasteiger partial charge in [0, 0.05) is 18.1 Å². The third-order valence-electron chi connectivity index (χ3n) is 2.70. The standard InChI is InChI=1S/C13H19ClN2O/c1-2-5-10(8-15)13(17)16-9-11-6-3-4-7-12(11)14/h3-4,6-7,10H,2,5,8-9,15H2,1H3,(H,16,17). The summed E-state index contributed by atoms with van der Waals surface area (Å²) in [5, 5.41) is 3.55. The van der Waals surface area contributed by atoms with Crippen LogP contribution in [0.25, 0.3) is 0 Å². The highest BCUT2D eigenvalue weighted by molar-refractivity contribution is 6.31. The first-order chi connectivity index (χ1) is 8.19. The van der Waals surface area contributed by atoms with E-state index in [1.54, 1.807) is 0 Å². The van der Waals surface area contributed by atoms with Crippen molar-refractivity contribution in [3.63, 3.8) is 0 Å². The van der Waals surface area contributed by atoms with E-state index in [1.165, 1.54) is 0 Å². The minimum absolute atomic E-state index is 0.00858. The van der Waals surface area contributed by atoms with Crippen LogP contribution in [0.5, 0.6) is 0 Å². The van der Waals surface area contributed by atoms with Crippen LogP contribution in [0.4, 0.5) is 0 Å². The van der Waals surface area contributed by atoms with Crippen LogP contribution in [-0.2, 0) is 11.3 Å². The summed E-state index contributed by atoms with van der Waals surface area (Å²) in [7, 11) is 0. The molecule has 0 aliphatic carbocycles. The molecular formula is C13H19ClN2O. The number of nitrogens with two attached hydrogens (primary N) is 1. The second-order valence-corrected chi connectivity index (χ2v) is 4.44. The van der Waals surface area contributed by atoms with Crippen LogP contribution in [0, 0.1) is 5.92 Å². The predicted molar refractivity (Wildman–Crippen MR) is 70.8 cm³/mol. The minimum Gasteiger partial charge on any atom is -0.352 e. The Labute approximate surface area is 107 Å². The maximum Gasteiger partial charge on any atom is 0.224 e. The SMILES string of the molecule is CCCC(CN)C(=O)NCc1ccccc1Cl. The predicted octanol–water partition coefficient (Wildman–Crippen LogP) is 2.33. The lowest BCUT2D eigenvalue weighted by Gasteiger charge is -2.14. The molecule has 0 aliphatic heterocycles. The fraction of sp³-hybridized carbons (Fsp3) is 0.462. The maximum atomic E-state index is 11.8. The van der Waals surface area contributed by atoms with Gasteiger partial charge in [0.15, 0.2) is 0 Å². The third kappa shape index (κ3) is 4.36. The van der Waals surface area contributed by atoms with E-state index in [-0.39, 0.29) is 11.8 Å². The Bertz CT molecular complexity index is 368. The van der Waals surface area contributed by atoms with Crippen molar-refractivity contribution in [2.24, 2.45) is 11.7 Å². The Morgan fingerprint density at radius 3 is 2.76 bits per heavy atom. The van der Waals surface area contributed by atoms with Crippen molar-refractivity contribution in [2.75, 3.05) is 6.54 Å². The van der Waals surface area contributed by atoms with Gasteiger partial charge in [-0.25, -0.2) is 0 Å². The summed E-state index contributed by atoms with van der Waals surface area (Å²) in [5.41, 5.74) is 6.50. The molecule has 94 valence electrons. The van der Waals surface area contributed by atoms with Gasteiger partial charge in [-0.3, -0.25) is 4.79 Å². The van der Waals surface area contributed by atoms with E-state index in [0.717, 1.165) is 18.4 Å². The van der Waals surface area contributed by atoms with Gasteiger partial charge in [0.25, 0.3) is 0 Å². The van der Waals surface area contributed by atoms with Gasteiger partial charge in [0.2, 0.25) is 5.91 Å². The number of rotatable bonds is 6. The fourth-order valence-corrected chi connectivity index (χ4v) is 1.88. The molecule has 1 aromatic rings. The topological polar surface area (TPSA) is 55.1 Å². The summed E-state index contributed by atoms with van der Waals surface area (Å²) in [6.07, 6.45) is 1.78. The molecule has 0 aromatic heterocycles. The first-order valence-electron chi connectivity index (χ1n) is 5.90. The lowest BCUT2D eigenvalue weighted by molar-refractivity contribution is -0.125. The first kappa shape index (κ1) is 14.0. The molecule has 0 radical (unpaired) electrons. The summed E-state index contributed by atoms with van der Waals surface area (Å²) >= 11 is 6.01. The van der Waals surface area contributed by atoms with Gasteiger partial charge in [-0.05, 0) is 18.1 Å². The molecular weight excluding hydrogens is 236 g/mol. The van der Waals surface area contributed by atoms with Crippen LogP contribution < -0.4 is 11.1 Å². The summed E-state index contributed by atoms with van der Waals surface area (Å²) in [4.78, 5) is 11.8. The smallest absolute Gasteiger partial charge is 0.224 e. The van der Waals surface area contributed by atoms with Crippen LogP contribution in [0.3, 0.4) is 0 Å². The zero-order valence-electron chi connectivity index (χ0n) is 10.1. The number of halogens is 1. The van der Waals surface area contributed by atoms with Gasteiger partial charge in [0.05, 0.1) is 5.92 Å². The largest absolute Gasteiger partial charge is 0.352 e. The Morgan fingerprint density at radius 2 is 2.18 bits per heavy atom. The molecule has 0 saturated heterocycles. The van der Waals surface area contributed by atoms with E-state index in [2.05, 4.69) is 5.32 Å². The summed E-state index contributed by atoms with van der Waals surface area (Å²) < 4.78 is 0. The quantitative estimate of drug-likeness (QED) is 0.819. The van der Waals surface area contributed by atoms with E-state index in [0.29, 0.717) is 18.1 Å². The van der Waals surface area contributed by atoms with Crippen molar-refractivity contribution < 1.29 is 4.79 Å². The van der Waals surface area contributed by atoms with Gasteiger partial charge in [-0.1, -0.05) is 43.1 Å². The molecule has 1 unspecified atom stereocenters. The van der Waals surface area contributed by atoms with Crippen LogP contribution in [0.2, 0.25) is 5.02 Å². The highest BCUT2D eigenvalue weighted by Crippen LogP contribution is 2.14. The Hall–Kier alpha value is -1.06. The van der Waals surface area contributed by atoms with E-state index in [4.69, 9.17) is 17.3 Å². The molecule has 3 N–H and O–H groups in total. The van der Waals surface area contributed by atoms with Crippen molar-refractivity contribution in [1.82, 2.24) is 5.32 Å². The second kappa shape index (κ2) is 7.30. The first-order valence-corrected chi connectivity index (χ1v) is 6.28. The Balaban J connectivity index is 2.50. The molecule has 0 heterocycles. The molecule has 0 spiro atoms. The minimum atomic E-state index is -0.0949. The Morgan fingerprint density at radius 1 is 1.47 bits per heavy atom.